The van der Waals surface area contributed by atoms with Gasteiger partial charge in [-0.25, -0.2) is 0 Å². The fraction of sp³-hybridized carbons (Fsp3) is 0.429. The Balaban J connectivity index is 2.33. The van der Waals surface area contributed by atoms with Crippen LogP contribution in [0.3, 0.4) is 0 Å². The Hall–Kier alpha value is -1.68. The minimum atomic E-state index is 0.147. The second-order valence-electron chi connectivity index (χ2n) is 4.53. The molecule has 0 aliphatic heterocycles. The molecule has 0 aliphatic carbocycles. The lowest BCUT2D eigenvalue weighted by atomic mass is 10.0. The lowest BCUT2D eigenvalue weighted by molar-refractivity contribution is 0.573. The fourth-order valence-electron chi connectivity index (χ4n) is 2.06. The van der Waals surface area contributed by atoms with Gasteiger partial charge in [-0.05, 0) is 43.1 Å². The molecule has 1 unspecified atom stereocenters. The molecule has 2 heterocycles. The molecule has 2 aromatic rings. The number of nitrogens with one attached hydrogen (secondary N) is 1. The molecule has 1 atom stereocenters. The van der Waals surface area contributed by atoms with E-state index in [0.717, 1.165) is 18.7 Å². The number of aryl methyl sites for hydroxylation is 2. The molecule has 0 spiro atoms. The summed E-state index contributed by atoms with van der Waals surface area (Å²) in [5.74, 6) is 0. The molecule has 0 aromatic carbocycles. The molecule has 0 aliphatic rings. The third-order valence-corrected chi connectivity index (χ3v) is 3.00. The second kappa shape index (κ2) is 5.78. The molecule has 4 heteroatoms. The molecule has 96 valence electrons. The van der Waals surface area contributed by atoms with Crippen LogP contribution in [0.25, 0.3) is 0 Å². The normalized spacial score (nSPS) is 12.6. The van der Waals surface area contributed by atoms with Gasteiger partial charge in [-0.3, -0.25) is 9.67 Å². The van der Waals surface area contributed by atoms with E-state index in [1.807, 2.05) is 30.3 Å². The third kappa shape index (κ3) is 2.76. The van der Waals surface area contributed by atoms with Crippen LogP contribution in [0.4, 0.5) is 0 Å². The molecule has 1 N–H and O–H groups in total. The van der Waals surface area contributed by atoms with Gasteiger partial charge in [-0.1, -0.05) is 6.92 Å². The van der Waals surface area contributed by atoms with Crippen molar-refractivity contribution >= 4 is 0 Å². The van der Waals surface area contributed by atoms with E-state index in [-0.39, 0.29) is 6.04 Å². The molecule has 0 amide bonds. The highest BCUT2D eigenvalue weighted by atomic mass is 15.3. The van der Waals surface area contributed by atoms with Crippen LogP contribution in [0.15, 0.2) is 30.7 Å². The van der Waals surface area contributed by atoms with Gasteiger partial charge >= 0.3 is 0 Å². The number of hydrogen-bond donors (Lipinski definition) is 1. The molecular formula is C14H20N4. The summed E-state index contributed by atoms with van der Waals surface area (Å²) in [5, 5.41) is 8.07. The Morgan fingerprint density at radius 3 is 2.83 bits per heavy atom. The van der Waals surface area contributed by atoms with Crippen molar-refractivity contribution in [2.45, 2.75) is 26.3 Å². The maximum atomic E-state index is 4.52. The van der Waals surface area contributed by atoms with Crippen LogP contribution < -0.4 is 5.32 Å². The van der Waals surface area contributed by atoms with Crippen molar-refractivity contribution in [2.75, 3.05) is 6.54 Å². The Kier molecular flexibility index (Phi) is 4.10. The SMILES string of the molecule is CCCNC(c1ccn(C)n1)c1ccncc1C. The summed E-state index contributed by atoms with van der Waals surface area (Å²) < 4.78 is 1.84. The molecular weight excluding hydrogens is 224 g/mol. The number of aromatic nitrogens is 3. The summed E-state index contributed by atoms with van der Waals surface area (Å²) in [6.45, 7) is 5.23. The van der Waals surface area contributed by atoms with E-state index < -0.39 is 0 Å². The topological polar surface area (TPSA) is 42.7 Å². The molecule has 18 heavy (non-hydrogen) atoms. The second-order valence-corrected chi connectivity index (χ2v) is 4.53. The number of nitrogens with zero attached hydrogens (tertiary/aromatic N) is 3. The van der Waals surface area contributed by atoms with Gasteiger partial charge in [0.2, 0.25) is 0 Å². The first kappa shape index (κ1) is 12.8. The first-order chi connectivity index (χ1) is 8.72. The van der Waals surface area contributed by atoms with Gasteiger partial charge in [0.1, 0.15) is 0 Å². The van der Waals surface area contributed by atoms with E-state index in [4.69, 9.17) is 0 Å². The van der Waals surface area contributed by atoms with Gasteiger partial charge in [0.05, 0.1) is 11.7 Å². The molecule has 0 bridgehead atoms. The van der Waals surface area contributed by atoms with Crippen LogP contribution >= 0.6 is 0 Å². The Morgan fingerprint density at radius 2 is 2.22 bits per heavy atom. The zero-order valence-electron chi connectivity index (χ0n) is 11.2. The summed E-state index contributed by atoms with van der Waals surface area (Å²) in [4.78, 5) is 4.15. The van der Waals surface area contributed by atoms with Crippen LogP contribution in [0.1, 0.15) is 36.2 Å². The van der Waals surface area contributed by atoms with Crippen molar-refractivity contribution < 1.29 is 0 Å². The first-order valence-corrected chi connectivity index (χ1v) is 6.35. The lowest BCUT2D eigenvalue weighted by Gasteiger charge is -2.18. The van der Waals surface area contributed by atoms with Gasteiger partial charge in [0, 0.05) is 25.6 Å². The highest BCUT2D eigenvalue weighted by molar-refractivity contribution is 5.31. The van der Waals surface area contributed by atoms with E-state index in [1.165, 1.54) is 11.1 Å². The minimum absolute atomic E-state index is 0.147. The quantitative estimate of drug-likeness (QED) is 0.877. The van der Waals surface area contributed by atoms with Gasteiger partial charge in [-0.15, -0.1) is 0 Å². The molecule has 0 fully saturated rings. The van der Waals surface area contributed by atoms with Crippen LogP contribution in [0.5, 0.6) is 0 Å². The van der Waals surface area contributed by atoms with E-state index in [2.05, 4.69) is 41.4 Å². The largest absolute Gasteiger partial charge is 0.305 e. The van der Waals surface area contributed by atoms with Crippen LogP contribution in [0, 0.1) is 6.92 Å². The molecule has 0 saturated heterocycles. The molecule has 4 nitrogen and oxygen atoms in total. The monoisotopic (exact) mass is 244 g/mol. The molecule has 0 radical (unpaired) electrons. The first-order valence-electron chi connectivity index (χ1n) is 6.35. The van der Waals surface area contributed by atoms with E-state index in [1.54, 1.807) is 0 Å². The standard InChI is InChI=1S/C14H20N4/c1-4-7-16-14(13-6-9-18(3)17-13)12-5-8-15-10-11(12)2/h5-6,8-10,14,16H,4,7H2,1-3H3. The summed E-state index contributed by atoms with van der Waals surface area (Å²) in [6, 6.07) is 4.28. The van der Waals surface area contributed by atoms with Crippen molar-refractivity contribution in [1.82, 2.24) is 20.1 Å². The van der Waals surface area contributed by atoms with Gasteiger partial charge in [0.25, 0.3) is 0 Å². The van der Waals surface area contributed by atoms with E-state index in [0.29, 0.717) is 0 Å². The Bertz CT molecular complexity index is 504. The summed E-state index contributed by atoms with van der Waals surface area (Å²) in [5.41, 5.74) is 3.49. The predicted molar refractivity (Wildman–Crippen MR) is 72.3 cm³/mol. The number of hydrogen-bond acceptors (Lipinski definition) is 3. The van der Waals surface area contributed by atoms with Crippen LogP contribution in [-0.4, -0.2) is 21.3 Å². The van der Waals surface area contributed by atoms with Crippen molar-refractivity contribution in [3.05, 3.63) is 47.5 Å². The molecule has 2 rings (SSSR count). The van der Waals surface area contributed by atoms with Crippen molar-refractivity contribution in [3.63, 3.8) is 0 Å². The smallest absolute Gasteiger partial charge is 0.0839 e. The van der Waals surface area contributed by atoms with Crippen LogP contribution in [-0.2, 0) is 7.05 Å². The summed E-state index contributed by atoms with van der Waals surface area (Å²) in [7, 11) is 1.94. The minimum Gasteiger partial charge on any atom is -0.305 e. The van der Waals surface area contributed by atoms with Crippen molar-refractivity contribution in [3.8, 4) is 0 Å². The van der Waals surface area contributed by atoms with Gasteiger partial charge in [-0.2, -0.15) is 5.10 Å². The summed E-state index contributed by atoms with van der Waals surface area (Å²) in [6.07, 6.45) is 6.82. The lowest BCUT2D eigenvalue weighted by Crippen LogP contribution is -2.24. The maximum Gasteiger partial charge on any atom is 0.0839 e. The zero-order valence-corrected chi connectivity index (χ0v) is 11.2. The van der Waals surface area contributed by atoms with Crippen molar-refractivity contribution in [2.24, 2.45) is 7.05 Å². The average Bonchev–Trinajstić information content (AvgIpc) is 2.78. The Labute approximate surface area is 108 Å². The van der Waals surface area contributed by atoms with Crippen LogP contribution in [0.2, 0.25) is 0 Å². The average molecular weight is 244 g/mol. The summed E-state index contributed by atoms with van der Waals surface area (Å²) >= 11 is 0. The Morgan fingerprint density at radius 1 is 1.39 bits per heavy atom. The van der Waals surface area contributed by atoms with Crippen molar-refractivity contribution in [1.29, 1.82) is 0 Å². The number of pyridine rings is 1. The number of rotatable bonds is 5. The highest BCUT2D eigenvalue weighted by Gasteiger charge is 2.17. The van der Waals surface area contributed by atoms with Gasteiger partial charge in [0.15, 0.2) is 0 Å². The maximum absolute atomic E-state index is 4.52. The van der Waals surface area contributed by atoms with E-state index in [9.17, 15) is 0 Å². The van der Waals surface area contributed by atoms with E-state index >= 15 is 0 Å². The van der Waals surface area contributed by atoms with Gasteiger partial charge < -0.3 is 5.32 Å². The molecule has 2 aromatic heterocycles. The third-order valence-electron chi connectivity index (χ3n) is 3.00. The fourth-order valence-corrected chi connectivity index (χ4v) is 2.06. The highest BCUT2D eigenvalue weighted by Crippen LogP contribution is 2.22. The molecule has 0 saturated carbocycles. The zero-order chi connectivity index (χ0) is 13.0. The predicted octanol–water partition coefficient (Wildman–Crippen LogP) is 2.21.